The molecule has 0 aromatic heterocycles. The Morgan fingerprint density at radius 1 is 1.56 bits per heavy atom. The standard InChI is InChI=1S/C11H18N2O3/c1-12-10(14)6-4-8-13-7-3-5-9(13)11(15)16-2/h4,6,9H,3,5,7-8H2,1-2H3,(H,12,14)/b6-4+. The molecule has 90 valence electrons. The fourth-order valence-corrected chi connectivity index (χ4v) is 1.83. The van der Waals surface area contributed by atoms with Gasteiger partial charge >= 0.3 is 5.97 Å². The molecule has 1 N–H and O–H groups in total. The van der Waals surface area contributed by atoms with Crippen LogP contribution in [0, 0.1) is 0 Å². The third kappa shape index (κ3) is 3.34. The van der Waals surface area contributed by atoms with Gasteiger partial charge in [0.05, 0.1) is 7.11 Å². The molecule has 16 heavy (non-hydrogen) atoms. The van der Waals surface area contributed by atoms with Crippen LogP contribution in [-0.2, 0) is 14.3 Å². The number of likely N-dealkylation sites (tertiary alicyclic amines) is 1. The van der Waals surface area contributed by atoms with E-state index >= 15 is 0 Å². The van der Waals surface area contributed by atoms with E-state index in [1.807, 2.05) is 4.90 Å². The predicted molar refractivity (Wildman–Crippen MR) is 59.8 cm³/mol. The zero-order chi connectivity index (χ0) is 12.0. The number of carbonyl (C=O) groups excluding carboxylic acids is 2. The van der Waals surface area contributed by atoms with Gasteiger partial charge < -0.3 is 10.1 Å². The Bertz CT molecular complexity index is 289. The number of hydrogen-bond acceptors (Lipinski definition) is 4. The second kappa shape index (κ2) is 6.27. The van der Waals surface area contributed by atoms with Crippen LogP contribution in [-0.4, -0.2) is 50.1 Å². The number of carbonyl (C=O) groups is 2. The van der Waals surface area contributed by atoms with Crippen LogP contribution in [0.4, 0.5) is 0 Å². The van der Waals surface area contributed by atoms with Crippen molar-refractivity contribution in [3.8, 4) is 0 Å². The minimum atomic E-state index is -0.189. The Labute approximate surface area is 95.4 Å². The van der Waals surface area contributed by atoms with Crippen molar-refractivity contribution in [1.29, 1.82) is 0 Å². The van der Waals surface area contributed by atoms with E-state index in [4.69, 9.17) is 4.74 Å². The smallest absolute Gasteiger partial charge is 0.323 e. The van der Waals surface area contributed by atoms with Crippen LogP contribution >= 0.6 is 0 Å². The van der Waals surface area contributed by atoms with E-state index in [0.717, 1.165) is 19.4 Å². The van der Waals surface area contributed by atoms with Crippen LogP contribution < -0.4 is 5.32 Å². The van der Waals surface area contributed by atoms with Crippen molar-refractivity contribution in [1.82, 2.24) is 10.2 Å². The first-order chi connectivity index (χ1) is 7.69. The number of amides is 1. The lowest BCUT2D eigenvalue weighted by Gasteiger charge is -2.20. The molecule has 0 aliphatic carbocycles. The molecule has 1 aliphatic heterocycles. The Balaban J connectivity index is 2.44. The van der Waals surface area contributed by atoms with Crippen molar-refractivity contribution in [3.63, 3.8) is 0 Å². The van der Waals surface area contributed by atoms with Crippen molar-refractivity contribution in [2.45, 2.75) is 18.9 Å². The number of hydrogen-bond donors (Lipinski definition) is 1. The van der Waals surface area contributed by atoms with Gasteiger partial charge in [-0.3, -0.25) is 14.5 Å². The van der Waals surface area contributed by atoms with E-state index in [1.165, 1.54) is 13.2 Å². The highest BCUT2D eigenvalue weighted by atomic mass is 16.5. The van der Waals surface area contributed by atoms with Crippen LogP contribution in [0.25, 0.3) is 0 Å². The molecule has 0 spiro atoms. The maximum atomic E-state index is 11.4. The summed E-state index contributed by atoms with van der Waals surface area (Å²) in [7, 11) is 2.99. The summed E-state index contributed by atoms with van der Waals surface area (Å²) >= 11 is 0. The fraction of sp³-hybridized carbons (Fsp3) is 0.636. The number of esters is 1. The molecule has 0 aromatic carbocycles. The summed E-state index contributed by atoms with van der Waals surface area (Å²) in [5, 5.41) is 2.50. The van der Waals surface area contributed by atoms with Gasteiger partial charge in [-0.05, 0) is 19.4 Å². The molecule has 1 rings (SSSR count). The molecule has 5 heteroatoms. The molecule has 1 aliphatic rings. The predicted octanol–water partition coefficient (Wildman–Crippen LogP) is -0.0740. The molecule has 1 heterocycles. The van der Waals surface area contributed by atoms with Crippen LogP contribution in [0.5, 0.6) is 0 Å². The normalized spacial score (nSPS) is 21.2. The molecule has 1 unspecified atom stereocenters. The second-order valence-electron chi connectivity index (χ2n) is 3.69. The quantitative estimate of drug-likeness (QED) is 0.538. The summed E-state index contributed by atoms with van der Waals surface area (Å²) in [5.41, 5.74) is 0. The van der Waals surface area contributed by atoms with Crippen molar-refractivity contribution in [2.75, 3.05) is 27.2 Å². The molecule has 1 saturated heterocycles. The largest absolute Gasteiger partial charge is 0.468 e. The Kier molecular flexibility index (Phi) is 4.98. The number of methoxy groups -OCH3 is 1. The van der Waals surface area contributed by atoms with Crippen LogP contribution in [0.1, 0.15) is 12.8 Å². The number of nitrogens with zero attached hydrogens (tertiary/aromatic N) is 1. The third-order valence-electron chi connectivity index (χ3n) is 2.69. The molecule has 1 fully saturated rings. The van der Waals surface area contributed by atoms with Crippen LogP contribution in [0.15, 0.2) is 12.2 Å². The van der Waals surface area contributed by atoms with Gasteiger partial charge in [0.25, 0.3) is 0 Å². The summed E-state index contributed by atoms with van der Waals surface area (Å²) in [6, 6.07) is -0.153. The summed E-state index contributed by atoms with van der Waals surface area (Å²) in [5.74, 6) is -0.320. The summed E-state index contributed by atoms with van der Waals surface area (Å²) in [6.07, 6.45) is 5.07. The molecule has 0 radical (unpaired) electrons. The SMILES string of the molecule is CNC(=O)/C=C/CN1CCCC1C(=O)OC. The number of nitrogens with one attached hydrogen (secondary N) is 1. The molecular weight excluding hydrogens is 208 g/mol. The Morgan fingerprint density at radius 3 is 2.94 bits per heavy atom. The van der Waals surface area contributed by atoms with E-state index in [0.29, 0.717) is 6.54 Å². The second-order valence-corrected chi connectivity index (χ2v) is 3.69. The number of ether oxygens (including phenoxy) is 1. The van der Waals surface area contributed by atoms with Gasteiger partial charge in [-0.1, -0.05) is 6.08 Å². The molecule has 0 saturated carbocycles. The lowest BCUT2D eigenvalue weighted by atomic mass is 10.2. The first-order valence-electron chi connectivity index (χ1n) is 5.39. The van der Waals surface area contributed by atoms with Crippen LogP contribution in [0.3, 0.4) is 0 Å². The average molecular weight is 226 g/mol. The molecule has 5 nitrogen and oxygen atoms in total. The van der Waals surface area contributed by atoms with E-state index < -0.39 is 0 Å². The minimum absolute atomic E-state index is 0.131. The van der Waals surface area contributed by atoms with Crippen molar-refractivity contribution >= 4 is 11.9 Å². The Hall–Kier alpha value is -1.36. The minimum Gasteiger partial charge on any atom is -0.468 e. The van der Waals surface area contributed by atoms with E-state index in [9.17, 15) is 9.59 Å². The van der Waals surface area contributed by atoms with Gasteiger partial charge in [-0.15, -0.1) is 0 Å². The lowest BCUT2D eigenvalue weighted by molar-refractivity contribution is -0.145. The van der Waals surface area contributed by atoms with Gasteiger partial charge in [-0.25, -0.2) is 0 Å². The Morgan fingerprint density at radius 2 is 2.31 bits per heavy atom. The average Bonchev–Trinajstić information content (AvgIpc) is 2.76. The monoisotopic (exact) mass is 226 g/mol. The number of likely N-dealkylation sites (N-methyl/N-ethyl adjacent to an activating group) is 1. The van der Waals surface area contributed by atoms with Gasteiger partial charge in [-0.2, -0.15) is 0 Å². The van der Waals surface area contributed by atoms with Gasteiger partial charge in [0.1, 0.15) is 6.04 Å². The zero-order valence-electron chi connectivity index (χ0n) is 9.73. The first-order valence-corrected chi connectivity index (χ1v) is 5.39. The van der Waals surface area contributed by atoms with E-state index in [2.05, 4.69) is 5.32 Å². The molecule has 0 bridgehead atoms. The van der Waals surface area contributed by atoms with Crippen LogP contribution in [0.2, 0.25) is 0 Å². The highest BCUT2D eigenvalue weighted by Crippen LogP contribution is 2.17. The molecule has 1 amide bonds. The van der Waals surface area contributed by atoms with Gasteiger partial charge in [0.2, 0.25) is 5.91 Å². The van der Waals surface area contributed by atoms with Crippen molar-refractivity contribution in [3.05, 3.63) is 12.2 Å². The van der Waals surface area contributed by atoms with Gasteiger partial charge in [0.15, 0.2) is 0 Å². The van der Waals surface area contributed by atoms with Gasteiger partial charge in [0, 0.05) is 19.7 Å². The molecule has 0 aromatic rings. The zero-order valence-corrected chi connectivity index (χ0v) is 9.73. The fourth-order valence-electron chi connectivity index (χ4n) is 1.83. The summed E-state index contributed by atoms with van der Waals surface area (Å²) in [6.45, 7) is 1.48. The highest BCUT2D eigenvalue weighted by Gasteiger charge is 2.30. The highest BCUT2D eigenvalue weighted by molar-refractivity contribution is 5.87. The van der Waals surface area contributed by atoms with Crippen molar-refractivity contribution in [2.24, 2.45) is 0 Å². The maximum Gasteiger partial charge on any atom is 0.323 e. The lowest BCUT2D eigenvalue weighted by Crippen LogP contribution is -2.36. The molecule has 1 atom stereocenters. The summed E-state index contributed by atoms with van der Waals surface area (Å²) < 4.78 is 4.73. The first kappa shape index (κ1) is 12.7. The molecular formula is C11H18N2O3. The third-order valence-corrected chi connectivity index (χ3v) is 2.69. The van der Waals surface area contributed by atoms with E-state index in [-0.39, 0.29) is 17.9 Å². The number of rotatable bonds is 4. The van der Waals surface area contributed by atoms with Crippen molar-refractivity contribution < 1.29 is 14.3 Å². The maximum absolute atomic E-state index is 11.4. The topological polar surface area (TPSA) is 58.6 Å². The summed E-state index contributed by atoms with van der Waals surface area (Å²) in [4.78, 5) is 24.4. The van der Waals surface area contributed by atoms with E-state index in [1.54, 1.807) is 13.1 Å².